The Balaban J connectivity index is 0.00000529. The second-order valence-corrected chi connectivity index (χ2v) is 8.73. The standard InChI is InChI=1S/C16H28N4O2S.HI/c1-12(2)10-19-23(21,22)14-8-6-13(7-9-14)11-18-15(17)20-16(3,4)5;/h6-9,12,19H,10-11H2,1-5H3,(H3,17,18,20);1H. The highest BCUT2D eigenvalue weighted by Gasteiger charge is 2.14. The summed E-state index contributed by atoms with van der Waals surface area (Å²) in [5.74, 6) is 0.629. The molecule has 6 nitrogen and oxygen atoms in total. The summed E-state index contributed by atoms with van der Waals surface area (Å²) in [5, 5.41) is 3.07. The molecule has 0 aromatic heterocycles. The minimum atomic E-state index is -3.45. The molecule has 24 heavy (non-hydrogen) atoms. The van der Waals surface area contributed by atoms with Crippen LogP contribution in [0.5, 0.6) is 0 Å². The molecule has 0 fully saturated rings. The SMILES string of the molecule is CC(C)CNS(=O)(=O)c1ccc(CN=C(N)NC(C)(C)C)cc1.I. The van der Waals surface area contributed by atoms with Crippen LogP contribution in [0.1, 0.15) is 40.2 Å². The Hall–Kier alpha value is -0.870. The number of guanidine groups is 1. The maximum atomic E-state index is 12.1. The maximum absolute atomic E-state index is 12.1. The maximum Gasteiger partial charge on any atom is 0.240 e. The van der Waals surface area contributed by atoms with Gasteiger partial charge in [0.05, 0.1) is 11.4 Å². The fourth-order valence-corrected chi connectivity index (χ4v) is 2.95. The predicted octanol–water partition coefficient (Wildman–Crippen LogP) is 2.44. The molecule has 0 spiro atoms. The lowest BCUT2D eigenvalue weighted by atomic mass is 10.1. The first-order valence-electron chi connectivity index (χ1n) is 7.66. The van der Waals surface area contributed by atoms with Crippen molar-refractivity contribution < 1.29 is 8.42 Å². The first kappa shape index (κ1) is 23.1. The van der Waals surface area contributed by atoms with Crippen molar-refractivity contribution in [2.75, 3.05) is 6.54 Å². The minimum absolute atomic E-state index is 0. The third kappa shape index (κ3) is 8.84. The largest absolute Gasteiger partial charge is 0.370 e. The molecule has 4 N–H and O–H groups in total. The molecule has 0 heterocycles. The fourth-order valence-electron chi connectivity index (χ4n) is 1.73. The average Bonchev–Trinajstić information content (AvgIpc) is 2.42. The van der Waals surface area contributed by atoms with Crippen LogP contribution in [-0.4, -0.2) is 26.5 Å². The Morgan fingerprint density at radius 3 is 2.21 bits per heavy atom. The number of aliphatic imine (C=N–C) groups is 1. The molecule has 0 aliphatic carbocycles. The highest BCUT2D eigenvalue weighted by Crippen LogP contribution is 2.11. The van der Waals surface area contributed by atoms with Crippen LogP contribution in [0.25, 0.3) is 0 Å². The second-order valence-electron chi connectivity index (χ2n) is 6.97. The molecule has 1 rings (SSSR count). The van der Waals surface area contributed by atoms with Crippen LogP contribution in [-0.2, 0) is 16.6 Å². The highest BCUT2D eigenvalue weighted by molar-refractivity contribution is 14.0. The minimum Gasteiger partial charge on any atom is -0.370 e. The fraction of sp³-hybridized carbons (Fsp3) is 0.562. The van der Waals surface area contributed by atoms with Crippen molar-refractivity contribution in [3.8, 4) is 0 Å². The topological polar surface area (TPSA) is 96.6 Å². The molecule has 1 aromatic carbocycles. The van der Waals surface area contributed by atoms with Gasteiger partial charge in [0.25, 0.3) is 0 Å². The van der Waals surface area contributed by atoms with Gasteiger partial charge in [0.15, 0.2) is 5.96 Å². The van der Waals surface area contributed by atoms with Crippen LogP contribution in [0.4, 0.5) is 0 Å². The monoisotopic (exact) mass is 468 g/mol. The number of benzene rings is 1. The van der Waals surface area contributed by atoms with Gasteiger partial charge in [0, 0.05) is 12.1 Å². The summed E-state index contributed by atoms with van der Waals surface area (Å²) in [6.07, 6.45) is 0. The summed E-state index contributed by atoms with van der Waals surface area (Å²) in [7, 11) is -3.45. The Morgan fingerprint density at radius 2 is 1.75 bits per heavy atom. The Kier molecular flexibility index (Phi) is 9.22. The van der Waals surface area contributed by atoms with Crippen molar-refractivity contribution in [3.63, 3.8) is 0 Å². The molecule has 0 saturated carbocycles. The quantitative estimate of drug-likeness (QED) is 0.340. The highest BCUT2D eigenvalue weighted by atomic mass is 127. The van der Waals surface area contributed by atoms with Gasteiger partial charge in [-0.05, 0) is 44.4 Å². The van der Waals surface area contributed by atoms with Crippen LogP contribution in [0.2, 0.25) is 0 Å². The average molecular weight is 468 g/mol. The van der Waals surface area contributed by atoms with E-state index in [9.17, 15) is 8.42 Å². The number of nitrogens with zero attached hydrogens (tertiary/aromatic N) is 1. The van der Waals surface area contributed by atoms with E-state index in [0.29, 0.717) is 19.0 Å². The lowest BCUT2D eigenvalue weighted by Gasteiger charge is -2.21. The van der Waals surface area contributed by atoms with Crippen molar-refractivity contribution in [2.24, 2.45) is 16.6 Å². The van der Waals surface area contributed by atoms with Crippen LogP contribution < -0.4 is 15.8 Å². The van der Waals surface area contributed by atoms with E-state index in [1.165, 1.54) is 0 Å². The molecular weight excluding hydrogens is 439 g/mol. The van der Waals surface area contributed by atoms with Gasteiger partial charge in [-0.15, -0.1) is 24.0 Å². The molecule has 0 aliphatic rings. The first-order chi connectivity index (χ1) is 10.5. The molecule has 0 atom stereocenters. The molecule has 0 radical (unpaired) electrons. The Labute approximate surface area is 162 Å². The van der Waals surface area contributed by atoms with Crippen molar-refractivity contribution in [1.29, 1.82) is 0 Å². The number of nitrogens with one attached hydrogen (secondary N) is 2. The smallest absolute Gasteiger partial charge is 0.240 e. The molecule has 138 valence electrons. The summed E-state index contributed by atoms with van der Waals surface area (Å²) in [4.78, 5) is 4.51. The van der Waals surface area contributed by atoms with Crippen molar-refractivity contribution in [2.45, 2.75) is 51.6 Å². The number of hydrogen-bond acceptors (Lipinski definition) is 3. The Morgan fingerprint density at radius 1 is 1.21 bits per heavy atom. The van der Waals surface area contributed by atoms with E-state index >= 15 is 0 Å². The van der Waals surface area contributed by atoms with Gasteiger partial charge in [-0.2, -0.15) is 0 Å². The molecule has 8 heteroatoms. The van der Waals surface area contributed by atoms with E-state index in [1.54, 1.807) is 24.3 Å². The number of hydrogen-bond donors (Lipinski definition) is 3. The number of rotatable bonds is 6. The molecule has 0 bridgehead atoms. The van der Waals surface area contributed by atoms with Gasteiger partial charge >= 0.3 is 0 Å². The molecule has 0 unspecified atom stereocenters. The van der Waals surface area contributed by atoms with E-state index < -0.39 is 10.0 Å². The zero-order valence-corrected chi connectivity index (χ0v) is 18.1. The summed E-state index contributed by atoms with van der Waals surface area (Å²) in [6, 6.07) is 6.66. The zero-order valence-electron chi connectivity index (χ0n) is 15.0. The lowest BCUT2D eigenvalue weighted by molar-refractivity contribution is 0.508. The van der Waals surface area contributed by atoms with Gasteiger partial charge in [-0.1, -0.05) is 26.0 Å². The summed E-state index contributed by atoms with van der Waals surface area (Å²) in [6.45, 7) is 10.7. The molecule has 0 saturated heterocycles. The first-order valence-corrected chi connectivity index (χ1v) is 9.14. The van der Waals surface area contributed by atoms with Gasteiger partial charge in [0.1, 0.15) is 0 Å². The lowest BCUT2D eigenvalue weighted by Crippen LogP contribution is -2.44. The van der Waals surface area contributed by atoms with Crippen LogP contribution in [0.3, 0.4) is 0 Å². The third-order valence-electron chi connectivity index (χ3n) is 2.85. The normalized spacial score (nSPS) is 12.8. The van der Waals surface area contributed by atoms with Gasteiger partial charge in [0.2, 0.25) is 10.0 Å². The molecule has 0 aliphatic heterocycles. The zero-order chi connectivity index (χ0) is 17.7. The van der Waals surface area contributed by atoms with Crippen LogP contribution >= 0.6 is 24.0 Å². The molecule has 1 aromatic rings. The number of halogens is 1. The summed E-state index contributed by atoms with van der Waals surface area (Å²) >= 11 is 0. The van der Waals surface area contributed by atoms with E-state index in [-0.39, 0.29) is 40.3 Å². The van der Waals surface area contributed by atoms with Crippen molar-refractivity contribution in [1.82, 2.24) is 10.0 Å². The van der Waals surface area contributed by atoms with E-state index in [1.807, 2.05) is 34.6 Å². The number of sulfonamides is 1. The van der Waals surface area contributed by atoms with Gasteiger partial charge in [-0.25, -0.2) is 18.1 Å². The van der Waals surface area contributed by atoms with Gasteiger partial charge < -0.3 is 11.1 Å². The van der Waals surface area contributed by atoms with E-state index in [2.05, 4.69) is 15.0 Å². The van der Waals surface area contributed by atoms with Crippen molar-refractivity contribution >= 4 is 40.0 Å². The second kappa shape index (κ2) is 9.57. The Bertz CT molecular complexity index is 635. The number of nitrogens with two attached hydrogens (primary N) is 1. The van der Waals surface area contributed by atoms with Crippen LogP contribution in [0, 0.1) is 5.92 Å². The van der Waals surface area contributed by atoms with E-state index in [4.69, 9.17) is 5.73 Å². The third-order valence-corrected chi connectivity index (χ3v) is 4.29. The summed E-state index contributed by atoms with van der Waals surface area (Å²) in [5.41, 5.74) is 6.56. The molecule has 0 amide bonds. The predicted molar refractivity (Wildman–Crippen MR) is 110 cm³/mol. The van der Waals surface area contributed by atoms with Crippen LogP contribution in [0.15, 0.2) is 34.2 Å². The molecular formula is C16H29IN4O2S. The summed E-state index contributed by atoms with van der Waals surface area (Å²) < 4.78 is 26.8. The van der Waals surface area contributed by atoms with Gasteiger partial charge in [-0.3, -0.25) is 0 Å². The van der Waals surface area contributed by atoms with E-state index in [0.717, 1.165) is 5.56 Å². The van der Waals surface area contributed by atoms with Crippen molar-refractivity contribution in [3.05, 3.63) is 29.8 Å².